The van der Waals surface area contributed by atoms with Gasteiger partial charge in [-0.3, -0.25) is 0 Å². The lowest BCUT2D eigenvalue weighted by Gasteiger charge is -2.44. The number of rotatable bonds is 15. The van der Waals surface area contributed by atoms with Crippen LogP contribution in [0.15, 0.2) is 30.3 Å². The molecule has 1 aromatic carbocycles. The summed E-state index contributed by atoms with van der Waals surface area (Å²) in [5.74, 6) is 0. The van der Waals surface area contributed by atoms with Gasteiger partial charge in [0.25, 0.3) is 0 Å². The van der Waals surface area contributed by atoms with Crippen LogP contribution in [0, 0.1) is 0 Å². The van der Waals surface area contributed by atoms with E-state index in [-0.39, 0.29) is 6.61 Å². The first-order valence-electron chi connectivity index (χ1n) is 12.8. The normalized spacial score (nSPS) is 25.6. The Balaban J connectivity index is 1.84. The fraction of sp³-hybridized carbons (Fsp3) is 0.731. The molecule has 0 aromatic heterocycles. The zero-order chi connectivity index (χ0) is 24.8. The molecule has 0 spiro atoms. The minimum Gasteiger partial charge on any atom is -0.445 e. The van der Waals surface area contributed by atoms with Crippen LogP contribution < -0.4 is 11.1 Å². The van der Waals surface area contributed by atoms with Crippen LogP contribution in [-0.4, -0.2) is 64.5 Å². The van der Waals surface area contributed by atoms with Crippen molar-refractivity contribution in [1.29, 1.82) is 0 Å². The summed E-state index contributed by atoms with van der Waals surface area (Å²) in [6.07, 6.45) is 6.27. The average molecular weight is 481 g/mol. The molecule has 1 aromatic rings. The molecule has 0 radical (unpaired) electrons. The molecule has 1 unspecified atom stereocenters. The van der Waals surface area contributed by atoms with E-state index < -0.39 is 49.2 Å². The highest BCUT2D eigenvalue weighted by atomic mass is 16.6. The fourth-order valence-electron chi connectivity index (χ4n) is 4.44. The molecular weight excluding hydrogens is 436 g/mol. The lowest BCUT2D eigenvalue weighted by Crippen LogP contribution is -2.67. The molecule has 34 heavy (non-hydrogen) atoms. The van der Waals surface area contributed by atoms with E-state index in [9.17, 15) is 20.1 Å². The van der Waals surface area contributed by atoms with E-state index in [1.54, 1.807) is 0 Å². The molecule has 6 N–H and O–H groups in total. The molecule has 6 atom stereocenters. The summed E-state index contributed by atoms with van der Waals surface area (Å²) >= 11 is 0. The van der Waals surface area contributed by atoms with E-state index in [2.05, 4.69) is 12.2 Å². The molecule has 0 aliphatic carbocycles. The Kier molecular flexibility index (Phi) is 13.5. The summed E-state index contributed by atoms with van der Waals surface area (Å²) in [5, 5.41) is 33.1. The minimum atomic E-state index is -1.35. The van der Waals surface area contributed by atoms with Crippen molar-refractivity contribution in [2.24, 2.45) is 5.73 Å². The van der Waals surface area contributed by atoms with Gasteiger partial charge in [-0.1, -0.05) is 95.0 Å². The summed E-state index contributed by atoms with van der Waals surface area (Å²) in [6.45, 7) is 1.84. The predicted molar refractivity (Wildman–Crippen MR) is 131 cm³/mol. The molecule has 1 saturated heterocycles. The number of alkyl carbamates (subject to hydrolysis) is 1. The van der Waals surface area contributed by atoms with Crippen molar-refractivity contribution in [2.45, 2.75) is 114 Å². The number of hydrogen-bond donors (Lipinski definition) is 5. The maximum Gasteiger partial charge on any atom is 0.407 e. The molecule has 2 rings (SSSR count). The monoisotopic (exact) mass is 480 g/mol. The molecule has 8 heteroatoms. The van der Waals surface area contributed by atoms with Gasteiger partial charge in [-0.2, -0.15) is 0 Å². The van der Waals surface area contributed by atoms with Gasteiger partial charge in [-0.05, 0) is 12.0 Å². The Hall–Kier alpha value is -1.71. The standard InChI is InChI=1S/C26H44N2O6/c1-2-3-4-5-6-7-8-9-13-16-20(27)25-22(24(31)23(30)21(17-29)34-25)28-26(32)33-18-19-14-11-10-12-15-19/h10-12,14-15,20-25,29-31H,2-9,13,16-18,27H2,1H3,(H,28,32)/t20?,21-,22-,23+,24-,25+/m1/s1. The number of nitrogens with two attached hydrogens (primary N) is 1. The van der Waals surface area contributed by atoms with Crippen LogP contribution in [0.5, 0.6) is 0 Å². The van der Waals surface area contributed by atoms with Crippen LogP contribution in [0.2, 0.25) is 0 Å². The first-order chi connectivity index (χ1) is 16.5. The lowest BCUT2D eigenvalue weighted by molar-refractivity contribution is -0.198. The number of carbonyl (C=O) groups is 1. The van der Waals surface area contributed by atoms with Crippen LogP contribution in [0.4, 0.5) is 4.79 Å². The van der Waals surface area contributed by atoms with Gasteiger partial charge in [-0.25, -0.2) is 4.79 Å². The molecule has 8 nitrogen and oxygen atoms in total. The Morgan fingerprint density at radius 1 is 1.03 bits per heavy atom. The fourth-order valence-corrected chi connectivity index (χ4v) is 4.44. The summed E-state index contributed by atoms with van der Waals surface area (Å²) < 4.78 is 11.1. The van der Waals surface area contributed by atoms with Gasteiger partial charge in [-0.15, -0.1) is 0 Å². The molecule has 1 amide bonds. The van der Waals surface area contributed by atoms with Crippen molar-refractivity contribution in [2.75, 3.05) is 6.61 Å². The van der Waals surface area contributed by atoms with Crippen LogP contribution in [0.1, 0.15) is 76.7 Å². The number of ether oxygens (including phenoxy) is 2. The maximum absolute atomic E-state index is 12.4. The Morgan fingerprint density at radius 3 is 2.26 bits per heavy atom. The number of benzene rings is 1. The SMILES string of the molecule is CCCCCCCCCCCC(N)[C@@H]1O[C@H](CO)[C@H](O)[C@H](O)[C@H]1NC(=O)OCc1ccccc1. The van der Waals surface area contributed by atoms with Gasteiger partial charge in [0.2, 0.25) is 0 Å². The van der Waals surface area contributed by atoms with Crippen LogP contribution in [0.3, 0.4) is 0 Å². The van der Waals surface area contributed by atoms with Gasteiger partial charge in [0.1, 0.15) is 24.9 Å². The van der Waals surface area contributed by atoms with E-state index in [4.69, 9.17) is 15.2 Å². The van der Waals surface area contributed by atoms with Gasteiger partial charge >= 0.3 is 6.09 Å². The van der Waals surface area contributed by atoms with Gasteiger partial charge in [0.15, 0.2) is 0 Å². The number of nitrogens with one attached hydrogen (secondary N) is 1. The third-order valence-corrected chi connectivity index (χ3v) is 6.52. The number of aliphatic hydroxyl groups is 3. The molecule has 194 valence electrons. The molecular formula is C26H44N2O6. The largest absolute Gasteiger partial charge is 0.445 e. The van der Waals surface area contributed by atoms with Gasteiger partial charge in [0.05, 0.1) is 18.8 Å². The third kappa shape index (κ3) is 9.50. The zero-order valence-electron chi connectivity index (χ0n) is 20.5. The van der Waals surface area contributed by atoms with E-state index in [1.165, 1.54) is 38.5 Å². The topological polar surface area (TPSA) is 134 Å². The molecule has 1 heterocycles. The Morgan fingerprint density at radius 2 is 1.65 bits per heavy atom. The number of carbonyl (C=O) groups excluding carboxylic acids is 1. The predicted octanol–water partition coefficient (Wildman–Crippen LogP) is 3.01. The van der Waals surface area contributed by atoms with Gasteiger partial charge in [0, 0.05) is 6.04 Å². The summed E-state index contributed by atoms with van der Waals surface area (Å²) in [5.41, 5.74) is 7.24. The van der Waals surface area contributed by atoms with Crippen molar-refractivity contribution in [3.8, 4) is 0 Å². The smallest absolute Gasteiger partial charge is 0.407 e. The average Bonchev–Trinajstić information content (AvgIpc) is 2.85. The number of aliphatic hydroxyl groups excluding tert-OH is 3. The number of hydrogen-bond acceptors (Lipinski definition) is 7. The molecule has 1 aliphatic heterocycles. The number of unbranched alkanes of at least 4 members (excludes halogenated alkanes) is 8. The Bertz CT molecular complexity index is 677. The molecule has 1 fully saturated rings. The van der Waals surface area contributed by atoms with E-state index in [0.29, 0.717) is 6.42 Å². The second-order valence-corrected chi connectivity index (χ2v) is 9.32. The molecule has 1 aliphatic rings. The minimum absolute atomic E-state index is 0.0767. The zero-order valence-corrected chi connectivity index (χ0v) is 20.5. The van der Waals surface area contributed by atoms with Crippen LogP contribution in [0.25, 0.3) is 0 Å². The highest BCUT2D eigenvalue weighted by Crippen LogP contribution is 2.25. The Labute approximate surface area is 203 Å². The highest BCUT2D eigenvalue weighted by Gasteiger charge is 2.47. The lowest BCUT2D eigenvalue weighted by atomic mass is 9.87. The van der Waals surface area contributed by atoms with Crippen molar-refractivity contribution >= 4 is 6.09 Å². The van der Waals surface area contributed by atoms with Crippen LogP contribution >= 0.6 is 0 Å². The first kappa shape index (κ1) is 28.5. The van der Waals surface area contributed by atoms with E-state index in [0.717, 1.165) is 24.8 Å². The van der Waals surface area contributed by atoms with Crippen molar-refractivity contribution < 1.29 is 29.6 Å². The van der Waals surface area contributed by atoms with Crippen molar-refractivity contribution in [1.82, 2.24) is 5.32 Å². The second kappa shape index (κ2) is 16.1. The summed E-state index contributed by atoms with van der Waals surface area (Å²) in [6, 6.07) is 7.83. The van der Waals surface area contributed by atoms with E-state index >= 15 is 0 Å². The van der Waals surface area contributed by atoms with Gasteiger partial charge < -0.3 is 35.8 Å². The maximum atomic E-state index is 12.4. The quantitative estimate of drug-likeness (QED) is 0.244. The van der Waals surface area contributed by atoms with E-state index in [1.807, 2.05) is 30.3 Å². The van der Waals surface area contributed by atoms with Crippen molar-refractivity contribution in [3.05, 3.63) is 35.9 Å². The summed E-state index contributed by atoms with van der Waals surface area (Å²) in [7, 11) is 0. The third-order valence-electron chi connectivity index (χ3n) is 6.52. The second-order valence-electron chi connectivity index (χ2n) is 9.32. The van der Waals surface area contributed by atoms with Crippen LogP contribution in [-0.2, 0) is 16.1 Å². The highest BCUT2D eigenvalue weighted by molar-refractivity contribution is 5.67. The molecule has 0 bridgehead atoms. The first-order valence-corrected chi connectivity index (χ1v) is 12.8. The number of amides is 1. The molecule has 0 saturated carbocycles. The summed E-state index contributed by atoms with van der Waals surface area (Å²) in [4.78, 5) is 12.4. The van der Waals surface area contributed by atoms with Crippen molar-refractivity contribution in [3.63, 3.8) is 0 Å².